The summed E-state index contributed by atoms with van der Waals surface area (Å²) in [6.07, 6.45) is 8.19. The third-order valence-electron chi connectivity index (χ3n) is 6.26. The van der Waals surface area contributed by atoms with Crippen LogP contribution in [0.1, 0.15) is 37.7 Å². The quantitative estimate of drug-likeness (QED) is 0.418. The number of thioether (sulfide) groups is 2. The summed E-state index contributed by atoms with van der Waals surface area (Å²) >= 11 is 3.47. The van der Waals surface area contributed by atoms with Crippen LogP contribution in [0.5, 0.6) is 11.6 Å². The lowest BCUT2D eigenvalue weighted by molar-refractivity contribution is -0.129. The van der Waals surface area contributed by atoms with Crippen LogP contribution in [-0.4, -0.2) is 52.0 Å². The number of aromatic nitrogens is 1. The molecule has 188 valence electrons. The van der Waals surface area contributed by atoms with E-state index in [2.05, 4.69) is 20.9 Å². The number of carbonyl (C=O) groups is 2. The zero-order chi connectivity index (χ0) is 24.3. The fraction of sp³-hybridized carbons (Fsp3) is 0.500. The molecule has 1 aromatic carbocycles. The number of ether oxygens (including phenoxy) is 1. The molecule has 35 heavy (non-hydrogen) atoms. The Kier molecular flexibility index (Phi) is 10.2. The Morgan fingerprint density at radius 1 is 1.14 bits per heavy atom. The molecule has 1 saturated carbocycles. The Labute approximate surface area is 216 Å². The number of rotatable bonds is 11. The summed E-state index contributed by atoms with van der Waals surface area (Å²) in [6.45, 7) is 0.342. The molecule has 2 heterocycles. The lowest BCUT2D eigenvalue weighted by atomic mass is 9.91. The third-order valence-corrected chi connectivity index (χ3v) is 8.47. The number of hydrogen-bond acceptors (Lipinski definition) is 7. The molecule has 0 spiro atoms. The van der Waals surface area contributed by atoms with Crippen LogP contribution in [0, 0.1) is 5.92 Å². The normalized spacial score (nSPS) is 19.1. The van der Waals surface area contributed by atoms with Crippen LogP contribution in [0.25, 0.3) is 0 Å². The first-order chi connectivity index (χ1) is 17.2. The first-order valence-corrected chi connectivity index (χ1v) is 14.6. The van der Waals surface area contributed by atoms with E-state index in [4.69, 9.17) is 4.74 Å². The largest absolute Gasteiger partial charge is 0.439 e. The van der Waals surface area contributed by atoms with Crippen LogP contribution >= 0.6 is 23.5 Å². The van der Waals surface area contributed by atoms with Crippen molar-refractivity contribution in [3.05, 3.63) is 54.2 Å². The molecule has 2 amide bonds. The molecule has 1 saturated heterocycles. The molecule has 0 unspecified atom stereocenters. The lowest BCUT2D eigenvalue weighted by Crippen LogP contribution is -2.53. The molecule has 1 aromatic heterocycles. The van der Waals surface area contributed by atoms with Gasteiger partial charge in [0, 0.05) is 36.2 Å². The van der Waals surface area contributed by atoms with Crippen LogP contribution < -0.4 is 20.7 Å². The smallest absolute Gasteiger partial charge is 0.243 e. The lowest BCUT2D eigenvalue weighted by Gasteiger charge is -2.23. The molecule has 2 fully saturated rings. The second-order valence-corrected chi connectivity index (χ2v) is 11.1. The van der Waals surface area contributed by atoms with Crippen molar-refractivity contribution in [2.24, 2.45) is 5.92 Å². The number of nitrogens with zero attached hydrogens (tertiary/aromatic N) is 1. The van der Waals surface area contributed by atoms with Crippen molar-refractivity contribution >= 4 is 35.3 Å². The average Bonchev–Trinajstić information content (AvgIpc) is 3.44. The molecule has 3 N–H and O–H groups in total. The Morgan fingerprint density at radius 2 is 1.97 bits per heavy atom. The summed E-state index contributed by atoms with van der Waals surface area (Å²) in [5.41, 5.74) is 0.868. The molecule has 9 heteroatoms. The van der Waals surface area contributed by atoms with Gasteiger partial charge in [-0.15, -0.1) is 11.8 Å². The molecule has 2 aliphatic rings. The number of benzene rings is 1. The van der Waals surface area contributed by atoms with E-state index in [1.807, 2.05) is 36.4 Å². The fourth-order valence-corrected chi connectivity index (χ4v) is 6.44. The minimum absolute atomic E-state index is 0.0995. The highest BCUT2D eigenvalue weighted by Crippen LogP contribution is 2.27. The average molecular weight is 515 g/mol. The van der Waals surface area contributed by atoms with Crippen molar-refractivity contribution in [3.8, 4) is 11.6 Å². The monoisotopic (exact) mass is 514 g/mol. The zero-order valence-corrected chi connectivity index (χ0v) is 21.5. The molecule has 0 bridgehead atoms. The Hall–Kier alpha value is -2.23. The summed E-state index contributed by atoms with van der Waals surface area (Å²) < 4.78 is 5.73. The maximum atomic E-state index is 13.0. The number of carbonyl (C=O) groups excluding carboxylic acids is 2. The van der Waals surface area contributed by atoms with Crippen molar-refractivity contribution < 1.29 is 14.3 Å². The van der Waals surface area contributed by atoms with Crippen LogP contribution in [0.2, 0.25) is 0 Å². The molecular formula is C26H34N4O3S2. The van der Waals surface area contributed by atoms with E-state index in [0.29, 0.717) is 18.2 Å². The number of nitrogens with one attached hydrogen (secondary N) is 3. The summed E-state index contributed by atoms with van der Waals surface area (Å²) in [5.74, 6) is 4.81. The Morgan fingerprint density at radius 3 is 2.69 bits per heavy atom. The minimum atomic E-state index is -0.558. The predicted molar refractivity (Wildman–Crippen MR) is 143 cm³/mol. The second kappa shape index (κ2) is 13.8. The molecule has 1 aliphatic carbocycles. The van der Waals surface area contributed by atoms with Gasteiger partial charge in [-0.3, -0.25) is 14.9 Å². The van der Waals surface area contributed by atoms with Crippen molar-refractivity contribution in [1.29, 1.82) is 0 Å². The van der Waals surface area contributed by atoms with E-state index in [1.54, 1.807) is 35.8 Å². The van der Waals surface area contributed by atoms with E-state index in [1.165, 1.54) is 32.1 Å². The first-order valence-electron chi connectivity index (χ1n) is 12.3. The van der Waals surface area contributed by atoms with Gasteiger partial charge >= 0.3 is 0 Å². The van der Waals surface area contributed by atoms with Gasteiger partial charge in [0.2, 0.25) is 17.7 Å². The SMILES string of the molecule is O=C(N[C@@H](CSCC1CCCCC1)C(=O)NCc1ccc(Oc2ccccc2)nc1)[C@@H]1CSCN1. The zero-order valence-electron chi connectivity index (χ0n) is 19.9. The van der Waals surface area contributed by atoms with E-state index in [9.17, 15) is 9.59 Å². The molecular weight excluding hydrogens is 480 g/mol. The molecule has 7 nitrogen and oxygen atoms in total. The fourth-order valence-electron chi connectivity index (χ4n) is 4.22. The van der Waals surface area contributed by atoms with Crippen LogP contribution in [0.4, 0.5) is 0 Å². The van der Waals surface area contributed by atoms with Crippen LogP contribution in [0.3, 0.4) is 0 Å². The standard InChI is InChI=1S/C26H34N4O3S2/c31-25(28-14-20-11-12-24(27-13-20)33-21-9-5-2-6-10-21)23(30-26(32)22-16-35-18-29-22)17-34-15-19-7-3-1-4-8-19/h2,5-6,9-13,19,22-23,29H,1,3-4,7-8,14-18H2,(H,28,31)(H,30,32)/t22-,23-/m0/s1. The van der Waals surface area contributed by atoms with E-state index < -0.39 is 6.04 Å². The second-order valence-electron chi connectivity index (χ2n) is 9.01. The van der Waals surface area contributed by atoms with Gasteiger partial charge < -0.3 is 15.4 Å². The number of hydrogen-bond donors (Lipinski definition) is 3. The topological polar surface area (TPSA) is 92.4 Å². The van der Waals surface area contributed by atoms with E-state index >= 15 is 0 Å². The summed E-state index contributed by atoms with van der Waals surface area (Å²) in [7, 11) is 0. The highest BCUT2D eigenvalue weighted by molar-refractivity contribution is 7.99. The van der Waals surface area contributed by atoms with Crippen molar-refractivity contribution in [3.63, 3.8) is 0 Å². The summed E-state index contributed by atoms with van der Waals surface area (Å²) in [4.78, 5) is 30.1. The Bertz CT molecular complexity index is 933. The van der Waals surface area contributed by atoms with Crippen LogP contribution in [-0.2, 0) is 16.1 Å². The Balaban J connectivity index is 1.28. The number of para-hydroxylation sites is 1. The molecule has 2 aromatic rings. The third kappa shape index (κ3) is 8.44. The molecule has 4 rings (SSSR count). The summed E-state index contributed by atoms with van der Waals surface area (Å²) in [6, 6.07) is 12.4. The van der Waals surface area contributed by atoms with Crippen molar-refractivity contribution in [1.82, 2.24) is 20.9 Å². The van der Waals surface area contributed by atoms with Crippen LogP contribution in [0.15, 0.2) is 48.7 Å². The highest BCUT2D eigenvalue weighted by Gasteiger charge is 2.28. The number of amides is 2. The molecule has 1 aliphatic heterocycles. The maximum absolute atomic E-state index is 13.0. The number of pyridine rings is 1. The van der Waals surface area contributed by atoms with Crippen molar-refractivity contribution in [2.45, 2.75) is 50.7 Å². The first kappa shape index (κ1) is 25.9. The van der Waals surface area contributed by atoms with Gasteiger partial charge in [0.25, 0.3) is 0 Å². The van der Waals surface area contributed by atoms with E-state index in [0.717, 1.165) is 34.6 Å². The maximum Gasteiger partial charge on any atom is 0.243 e. The van der Waals surface area contributed by atoms with Gasteiger partial charge in [-0.05, 0) is 42.2 Å². The van der Waals surface area contributed by atoms with Crippen molar-refractivity contribution in [2.75, 3.05) is 23.1 Å². The molecule has 2 atom stereocenters. The highest BCUT2D eigenvalue weighted by atomic mass is 32.2. The minimum Gasteiger partial charge on any atom is -0.439 e. The van der Waals surface area contributed by atoms with Gasteiger partial charge in [-0.2, -0.15) is 11.8 Å². The van der Waals surface area contributed by atoms with Gasteiger partial charge in [0.05, 0.1) is 6.04 Å². The van der Waals surface area contributed by atoms with Gasteiger partial charge in [-0.1, -0.05) is 43.5 Å². The molecule has 0 radical (unpaired) electrons. The van der Waals surface area contributed by atoms with Gasteiger partial charge in [0.15, 0.2) is 0 Å². The predicted octanol–water partition coefficient (Wildman–Crippen LogP) is 3.95. The van der Waals surface area contributed by atoms with Gasteiger partial charge in [0.1, 0.15) is 11.8 Å². The summed E-state index contributed by atoms with van der Waals surface area (Å²) in [5, 5.41) is 9.15. The van der Waals surface area contributed by atoms with E-state index in [-0.39, 0.29) is 17.9 Å². The van der Waals surface area contributed by atoms with Gasteiger partial charge in [-0.25, -0.2) is 4.98 Å².